The first kappa shape index (κ1) is 16.0. The van der Waals surface area contributed by atoms with E-state index in [1.54, 1.807) is 6.07 Å². The highest BCUT2D eigenvalue weighted by Crippen LogP contribution is 2.21. The second kappa shape index (κ2) is 6.18. The Labute approximate surface area is 125 Å². The molecule has 114 valence electrons. The first-order valence-corrected chi connectivity index (χ1v) is 8.36. The molecule has 1 aromatic heterocycles. The van der Waals surface area contributed by atoms with Crippen molar-refractivity contribution in [3.63, 3.8) is 0 Å². The number of rotatable bonds is 5. The molecule has 8 heteroatoms. The summed E-state index contributed by atoms with van der Waals surface area (Å²) in [6, 6.07) is 5.55. The number of hydrogen-bond donors (Lipinski definition) is 2. The minimum absolute atomic E-state index is 0.0226. The summed E-state index contributed by atoms with van der Waals surface area (Å²) < 4.78 is 53.6. The molecule has 21 heavy (non-hydrogen) atoms. The van der Waals surface area contributed by atoms with Crippen LogP contribution in [0.15, 0.2) is 29.2 Å². The maximum atomic E-state index is 13.7. The molecule has 0 unspecified atom stereocenters. The number of aryl methyl sites for hydroxylation is 1. The monoisotopic (exact) mass is 332 g/mol. The SMILES string of the molecule is Cc1ccc(CNS(=O)(=O)c2cc(CN)cc(F)c2F)s1. The molecule has 2 rings (SSSR count). The zero-order valence-corrected chi connectivity index (χ0v) is 12.8. The smallest absolute Gasteiger partial charge is 0.243 e. The molecular formula is C13H14F2N2O2S2. The van der Waals surface area contributed by atoms with Gasteiger partial charge in [0.1, 0.15) is 4.90 Å². The van der Waals surface area contributed by atoms with Crippen LogP contribution in [0.3, 0.4) is 0 Å². The molecule has 0 saturated heterocycles. The van der Waals surface area contributed by atoms with Crippen LogP contribution in [0, 0.1) is 18.6 Å². The molecule has 1 heterocycles. The van der Waals surface area contributed by atoms with Gasteiger partial charge in [-0.15, -0.1) is 11.3 Å². The first-order valence-electron chi connectivity index (χ1n) is 6.06. The summed E-state index contributed by atoms with van der Waals surface area (Å²) in [4.78, 5) is 1.09. The summed E-state index contributed by atoms with van der Waals surface area (Å²) >= 11 is 1.42. The van der Waals surface area contributed by atoms with E-state index in [2.05, 4.69) is 4.72 Å². The minimum Gasteiger partial charge on any atom is -0.326 e. The molecule has 0 radical (unpaired) electrons. The highest BCUT2D eigenvalue weighted by Gasteiger charge is 2.22. The van der Waals surface area contributed by atoms with Crippen molar-refractivity contribution in [3.05, 3.63) is 51.2 Å². The second-order valence-electron chi connectivity index (χ2n) is 4.43. The van der Waals surface area contributed by atoms with Crippen LogP contribution in [-0.2, 0) is 23.1 Å². The van der Waals surface area contributed by atoms with Gasteiger partial charge in [-0.05, 0) is 36.8 Å². The van der Waals surface area contributed by atoms with Gasteiger partial charge in [-0.2, -0.15) is 0 Å². The number of nitrogens with two attached hydrogens (primary N) is 1. The molecule has 0 amide bonds. The lowest BCUT2D eigenvalue weighted by Gasteiger charge is -2.09. The Morgan fingerprint density at radius 1 is 1.29 bits per heavy atom. The number of benzene rings is 1. The number of sulfonamides is 1. The first-order chi connectivity index (χ1) is 9.83. The number of hydrogen-bond acceptors (Lipinski definition) is 4. The van der Waals surface area contributed by atoms with Gasteiger partial charge < -0.3 is 5.73 Å². The largest absolute Gasteiger partial charge is 0.326 e. The van der Waals surface area contributed by atoms with Crippen LogP contribution in [0.5, 0.6) is 0 Å². The molecular weight excluding hydrogens is 318 g/mol. The predicted molar refractivity (Wildman–Crippen MR) is 77.3 cm³/mol. The fourth-order valence-corrected chi connectivity index (χ4v) is 3.82. The maximum Gasteiger partial charge on any atom is 0.243 e. The quantitative estimate of drug-likeness (QED) is 0.882. The van der Waals surface area contributed by atoms with Crippen molar-refractivity contribution >= 4 is 21.4 Å². The third-order valence-electron chi connectivity index (χ3n) is 2.81. The Balaban J connectivity index is 2.29. The van der Waals surface area contributed by atoms with Gasteiger partial charge >= 0.3 is 0 Å². The van der Waals surface area contributed by atoms with Crippen molar-refractivity contribution in [1.82, 2.24) is 4.72 Å². The maximum absolute atomic E-state index is 13.7. The van der Waals surface area contributed by atoms with Crippen LogP contribution >= 0.6 is 11.3 Å². The molecule has 4 nitrogen and oxygen atoms in total. The molecule has 0 saturated carbocycles. The van der Waals surface area contributed by atoms with E-state index in [9.17, 15) is 17.2 Å². The molecule has 0 bridgehead atoms. The van der Waals surface area contributed by atoms with Gasteiger partial charge in [0.15, 0.2) is 11.6 Å². The predicted octanol–water partition coefficient (Wildman–Crippen LogP) is 2.27. The molecule has 0 aliphatic rings. The molecule has 2 aromatic rings. The van der Waals surface area contributed by atoms with Crippen molar-refractivity contribution in [2.45, 2.75) is 24.9 Å². The molecule has 0 atom stereocenters. The number of thiophene rings is 1. The van der Waals surface area contributed by atoms with Crippen molar-refractivity contribution < 1.29 is 17.2 Å². The summed E-state index contributed by atoms with van der Waals surface area (Å²) in [6.45, 7) is 1.83. The van der Waals surface area contributed by atoms with E-state index in [1.807, 2.05) is 13.0 Å². The van der Waals surface area contributed by atoms with Gasteiger partial charge in [0.05, 0.1) is 0 Å². The lowest BCUT2D eigenvalue weighted by Crippen LogP contribution is -2.24. The normalized spacial score (nSPS) is 11.8. The van der Waals surface area contributed by atoms with Gasteiger partial charge in [0.2, 0.25) is 10.0 Å². The van der Waals surface area contributed by atoms with Crippen LogP contribution < -0.4 is 10.5 Å². The standard InChI is InChI=1S/C13H14F2N2O2S2/c1-8-2-3-10(20-8)7-17-21(18,19)12-5-9(6-16)4-11(14)13(12)15/h2-5,17H,6-7,16H2,1H3. The second-order valence-corrected chi connectivity index (χ2v) is 7.54. The fraction of sp³-hybridized carbons (Fsp3) is 0.231. The van der Waals surface area contributed by atoms with Gasteiger partial charge in [0, 0.05) is 22.8 Å². The Morgan fingerprint density at radius 2 is 2.00 bits per heavy atom. The third kappa shape index (κ3) is 3.65. The Morgan fingerprint density at radius 3 is 2.57 bits per heavy atom. The summed E-state index contributed by atoms with van der Waals surface area (Å²) in [7, 11) is -4.15. The van der Waals surface area contributed by atoms with Crippen molar-refractivity contribution in [1.29, 1.82) is 0 Å². The highest BCUT2D eigenvalue weighted by atomic mass is 32.2. The van der Waals surface area contributed by atoms with Crippen molar-refractivity contribution in [2.24, 2.45) is 5.73 Å². The molecule has 0 aliphatic carbocycles. The van der Waals surface area contributed by atoms with Gasteiger partial charge in [0.25, 0.3) is 0 Å². The van der Waals surface area contributed by atoms with E-state index in [0.29, 0.717) is 0 Å². The summed E-state index contributed by atoms with van der Waals surface area (Å²) in [6.07, 6.45) is 0. The Bertz CT molecular complexity index is 758. The molecule has 1 aromatic carbocycles. The summed E-state index contributed by atoms with van der Waals surface area (Å²) in [5.74, 6) is -2.63. The molecule has 0 fully saturated rings. The summed E-state index contributed by atoms with van der Waals surface area (Å²) in [5.41, 5.74) is 5.56. The van der Waals surface area contributed by atoms with E-state index in [-0.39, 0.29) is 18.7 Å². The third-order valence-corrected chi connectivity index (χ3v) is 5.21. The Kier molecular flexibility index (Phi) is 4.72. The zero-order chi connectivity index (χ0) is 15.6. The molecule has 3 N–H and O–H groups in total. The number of nitrogens with one attached hydrogen (secondary N) is 1. The van der Waals surface area contributed by atoms with Gasteiger partial charge in [-0.1, -0.05) is 0 Å². The lowest BCUT2D eigenvalue weighted by atomic mass is 10.2. The minimum atomic E-state index is -4.15. The Hall–Kier alpha value is -1.35. The van der Waals surface area contributed by atoms with E-state index in [4.69, 9.17) is 5.73 Å². The van der Waals surface area contributed by atoms with Crippen LogP contribution in [-0.4, -0.2) is 8.42 Å². The number of halogens is 2. The van der Waals surface area contributed by atoms with E-state index >= 15 is 0 Å². The topological polar surface area (TPSA) is 72.2 Å². The van der Waals surface area contributed by atoms with Crippen LogP contribution in [0.4, 0.5) is 8.78 Å². The van der Waals surface area contributed by atoms with Crippen LogP contribution in [0.25, 0.3) is 0 Å². The average molecular weight is 332 g/mol. The molecule has 0 spiro atoms. The average Bonchev–Trinajstić information content (AvgIpc) is 2.85. The van der Waals surface area contributed by atoms with E-state index < -0.39 is 26.6 Å². The summed E-state index contributed by atoms with van der Waals surface area (Å²) in [5, 5.41) is 0. The zero-order valence-electron chi connectivity index (χ0n) is 11.2. The van der Waals surface area contributed by atoms with Gasteiger partial charge in [-0.25, -0.2) is 21.9 Å². The lowest BCUT2D eigenvalue weighted by molar-refractivity contribution is 0.481. The van der Waals surface area contributed by atoms with Crippen LogP contribution in [0.2, 0.25) is 0 Å². The van der Waals surface area contributed by atoms with Gasteiger partial charge in [-0.3, -0.25) is 0 Å². The van der Waals surface area contributed by atoms with Crippen molar-refractivity contribution in [3.8, 4) is 0 Å². The van der Waals surface area contributed by atoms with Crippen molar-refractivity contribution in [2.75, 3.05) is 0 Å². The highest BCUT2D eigenvalue weighted by molar-refractivity contribution is 7.89. The van der Waals surface area contributed by atoms with E-state index in [0.717, 1.165) is 21.9 Å². The molecule has 0 aliphatic heterocycles. The fourth-order valence-electron chi connectivity index (χ4n) is 1.75. The van der Waals surface area contributed by atoms with Crippen LogP contribution in [0.1, 0.15) is 15.3 Å². The van der Waals surface area contributed by atoms with E-state index in [1.165, 1.54) is 11.3 Å².